The van der Waals surface area contributed by atoms with Gasteiger partial charge >= 0.3 is 0 Å². The quantitative estimate of drug-likeness (QED) is 0.644. The van der Waals surface area contributed by atoms with Gasteiger partial charge in [0, 0.05) is 0 Å². The number of hydrogen-bond donors (Lipinski definition) is 1. The van der Waals surface area contributed by atoms with E-state index in [1.165, 1.54) is 12.2 Å². The van der Waals surface area contributed by atoms with Crippen LogP contribution < -0.4 is 0 Å². The van der Waals surface area contributed by atoms with Gasteiger partial charge in [0.1, 0.15) is 17.8 Å². The maximum Gasteiger partial charge on any atom is 0.131 e. The molecule has 0 fully saturated rings. The van der Waals surface area contributed by atoms with Crippen LogP contribution in [-0.2, 0) is 9.53 Å². The van der Waals surface area contributed by atoms with E-state index in [0.717, 1.165) is 0 Å². The largest absolute Gasteiger partial charge is 0.491 e. The van der Waals surface area contributed by atoms with Crippen molar-refractivity contribution in [2.24, 2.45) is 0 Å². The van der Waals surface area contributed by atoms with E-state index in [0.29, 0.717) is 5.76 Å². The van der Waals surface area contributed by atoms with Gasteiger partial charge in [0.15, 0.2) is 0 Å². The zero-order valence-electron chi connectivity index (χ0n) is 7.65. The summed E-state index contributed by atoms with van der Waals surface area (Å²) < 4.78 is 5.34. The first-order chi connectivity index (χ1) is 6.13. The van der Waals surface area contributed by atoms with Crippen LogP contribution in [0.5, 0.6) is 0 Å². The molecule has 0 spiro atoms. The highest BCUT2D eigenvalue weighted by Crippen LogP contribution is 2.16. The van der Waals surface area contributed by atoms with Crippen molar-refractivity contribution in [1.82, 2.24) is 0 Å². The minimum Gasteiger partial charge on any atom is -0.491 e. The summed E-state index contributed by atoms with van der Waals surface area (Å²) >= 11 is 0. The van der Waals surface area contributed by atoms with Crippen LogP contribution in [-0.4, -0.2) is 23.3 Å². The van der Waals surface area contributed by atoms with Crippen molar-refractivity contribution in [3.63, 3.8) is 0 Å². The fraction of sp³-hybridized carbons (Fsp3) is 0.400. The molecule has 0 amide bonds. The molecular weight excluding hydrogens is 168 g/mol. The third-order valence-corrected chi connectivity index (χ3v) is 1.55. The molecule has 0 aliphatic heterocycles. The predicted octanol–water partition coefficient (Wildman–Crippen LogP) is 0.984. The monoisotopic (exact) mass is 180 g/mol. The number of allylic oxidation sites excluding steroid dienone is 1. The number of aliphatic hydroxyl groups excluding tert-OH is 1. The molecule has 1 unspecified atom stereocenters. The third kappa shape index (κ3) is 2.58. The summed E-state index contributed by atoms with van der Waals surface area (Å²) in [5, 5.41) is 9.23. The summed E-state index contributed by atoms with van der Waals surface area (Å²) in [5.41, 5.74) is 0.207. The molecule has 0 saturated carbocycles. The molecule has 0 aromatic carbocycles. The van der Waals surface area contributed by atoms with Gasteiger partial charge in [-0.05, 0) is 32.1 Å². The Morgan fingerprint density at radius 2 is 2.31 bits per heavy atom. The first-order valence-corrected chi connectivity index (χ1v) is 4.13. The second-order valence-electron chi connectivity index (χ2n) is 3.07. The summed E-state index contributed by atoms with van der Waals surface area (Å²) in [6, 6.07) is 0. The number of aliphatic hydroxyl groups is 1. The van der Waals surface area contributed by atoms with E-state index in [9.17, 15) is 9.90 Å². The zero-order chi connectivity index (χ0) is 9.84. The lowest BCUT2D eigenvalue weighted by molar-refractivity contribution is 0.154. The molecule has 0 aromatic rings. The first kappa shape index (κ1) is 9.78. The fourth-order valence-electron chi connectivity index (χ4n) is 1.01. The second kappa shape index (κ2) is 4.08. The van der Waals surface area contributed by atoms with Crippen LogP contribution in [0.25, 0.3) is 0 Å². The van der Waals surface area contributed by atoms with Crippen molar-refractivity contribution in [1.29, 1.82) is 0 Å². The summed E-state index contributed by atoms with van der Waals surface area (Å²) in [6.07, 6.45) is 3.84. The van der Waals surface area contributed by atoms with Crippen LogP contribution in [0.1, 0.15) is 13.8 Å². The van der Waals surface area contributed by atoms with Gasteiger partial charge in [0.2, 0.25) is 0 Å². The highest BCUT2D eigenvalue weighted by Gasteiger charge is 2.13. The van der Waals surface area contributed by atoms with Crippen molar-refractivity contribution in [3.8, 4) is 0 Å². The topological polar surface area (TPSA) is 46.5 Å². The maximum atomic E-state index is 10.3. The molecule has 1 atom stereocenters. The third-order valence-electron chi connectivity index (χ3n) is 1.55. The molecule has 0 radical (unpaired) electrons. The fourth-order valence-corrected chi connectivity index (χ4v) is 1.01. The van der Waals surface area contributed by atoms with E-state index in [1.807, 2.05) is 13.8 Å². The van der Waals surface area contributed by atoms with Gasteiger partial charge in [0.05, 0.1) is 11.7 Å². The normalized spacial score (nSPS) is 21.4. The molecule has 0 aromatic heterocycles. The summed E-state index contributed by atoms with van der Waals surface area (Å²) in [7, 11) is 0. The van der Waals surface area contributed by atoms with Crippen LogP contribution in [0.3, 0.4) is 0 Å². The van der Waals surface area contributed by atoms with Crippen molar-refractivity contribution in [3.05, 3.63) is 29.6 Å². The number of ether oxygens (including phenoxy) is 1. The highest BCUT2D eigenvalue weighted by atomic mass is 16.5. The minimum absolute atomic E-state index is 0.0547. The Balaban J connectivity index is 2.79. The molecule has 70 valence electrons. The lowest BCUT2D eigenvalue weighted by Gasteiger charge is -2.15. The average Bonchev–Trinajstić information content (AvgIpc) is 2.07. The molecule has 0 bridgehead atoms. The van der Waals surface area contributed by atoms with Crippen molar-refractivity contribution in [2.45, 2.75) is 26.1 Å². The summed E-state index contributed by atoms with van der Waals surface area (Å²) in [5.74, 6) is 2.25. The van der Waals surface area contributed by atoms with Crippen molar-refractivity contribution >= 4 is 5.94 Å². The molecule has 13 heavy (non-hydrogen) atoms. The van der Waals surface area contributed by atoms with Crippen LogP contribution in [0, 0.1) is 0 Å². The molecule has 0 saturated heterocycles. The molecule has 1 aliphatic carbocycles. The predicted molar refractivity (Wildman–Crippen MR) is 48.7 cm³/mol. The number of carbonyl (C=O) groups excluding carboxylic acids is 1. The molecular formula is C10H12O3. The van der Waals surface area contributed by atoms with Gasteiger partial charge in [-0.2, -0.15) is 0 Å². The molecule has 1 N–H and O–H groups in total. The first-order valence-electron chi connectivity index (χ1n) is 4.13. The van der Waals surface area contributed by atoms with E-state index in [1.54, 1.807) is 12.0 Å². The van der Waals surface area contributed by atoms with E-state index < -0.39 is 6.10 Å². The van der Waals surface area contributed by atoms with Crippen molar-refractivity contribution < 1.29 is 14.6 Å². The number of rotatable bonds is 2. The maximum absolute atomic E-state index is 10.3. The van der Waals surface area contributed by atoms with Crippen molar-refractivity contribution in [2.75, 3.05) is 0 Å². The standard InChI is InChI=1S/C10H12O3/c1-7(2)13-9-3-4-10(12)8(5-9)6-11/h3-5,7,10,12H,1-2H3. The van der Waals surface area contributed by atoms with Crippen LogP contribution in [0.4, 0.5) is 0 Å². The summed E-state index contributed by atoms with van der Waals surface area (Å²) in [4.78, 5) is 10.3. The van der Waals surface area contributed by atoms with E-state index in [-0.39, 0.29) is 11.7 Å². The Kier molecular flexibility index (Phi) is 3.07. The van der Waals surface area contributed by atoms with Gasteiger partial charge in [0.25, 0.3) is 0 Å². The Labute approximate surface area is 77.0 Å². The van der Waals surface area contributed by atoms with E-state index in [4.69, 9.17) is 4.74 Å². The molecule has 1 aliphatic rings. The van der Waals surface area contributed by atoms with Gasteiger partial charge in [-0.1, -0.05) is 0 Å². The van der Waals surface area contributed by atoms with Gasteiger partial charge < -0.3 is 9.84 Å². The zero-order valence-corrected chi connectivity index (χ0v) is 7.65. The highest BCUT2D eigenvalue weighted by molar-refractivity contribution is 5.62. The van der Waals surface area contributed by atoms with E-state index in [2.05, 4.69) is 0 Å². The van der Waals surface area contributed by atoms with Crippen LogP contribution >= 0.6 is 0 Å². The van der Waals surface area contributed by atoms with E-state index >= 15 is 0 Å². The average molecular weight is 180 g/mol. The second-order valence-corrected chi connectivity index (χ2v) is 3.07. The van der Waals surface area contributed by atoms with Crippen LogP contribution in [0.15, 0.2) is 29.6 Å². The van der Waals surface area contributed by atoms with Gasteiger partial charge in [-0.3, -0.25) is 0 Å². The van der Waals surface area contributed by atoms with Crippen LogP contribution in [0.2, 0.25) is 0 Å². The van der Waals surface area contributed by atoms with Gasteiger partial charge in [-0.25, -0.2) is 4.79 Å². The lowest BCUT2D eigenvalue weighted by atomic mass is 10.1. The smallest absolute Gasteiger partial charge is 0.131 e. The molecule has 3 nitrogen and oxygen atoms in total. The van der Waals surface area contributed by atoms with Gasteiger partial charge in [-0.15, -0.1) is 0 Å². The summed E-state index contributed by atoms with van der Waals surface area (Å²) in [6.45, 7) is 3.79. The lowest BCUT2D eigenvalue weighted by Crippen LogP contribution is -2.12. The Morgan fingerprint density at radius 1 is 1.62 bits per heavy atom. The molecule has 1 rings (SSSR count). The SMILES string of the molecule is CC(C)OC1=CC(=C=O)C(O)C=C1. The minimum atomic E-state index is -0.850. The Morgan fingerprint density at radius 3 is 2.85 bits per heavy atom. The Hall–Kier alpha value is -1.31. The Bertz CT molecular complexity index is 293. The molecule has 3 heteroatoms. The molecule has 0 heterocycles. The number of hydrogen-bond acceptors (Lipinski definition) is 3.